The van der Waals surface area contributed by atoms with Crippen molar-refractivity contribution >= 4 is 67.1 Å². The first kappa shape index (κ1) is 17.5. The lowest BCUT2D eigenvalue weighted by Crippen LogP contribution is -2.13. The van der Waals surface area contributed by atoms with E-state index >= 15 is 0 Å². The van der Waals surface area contributed by atoms with Crippen LogP contribution in [0.1, 0.15) is 22.3 Å². The Kier molecular flexibility index (Phi) is 5.03. The van der Waals surface area contributed by atoms with E-state index < -0.39 is 10.0 Å². The van der Waals surface area contributed by atoms with Crippen molar-refractivity contribution in [3.8, 4) is 0 Å². The predicted molar refractivity (Wildman–Crippen MR) is 89.1 cm³/mol. The van der Waals surface area contributed by atoms with Crippen molar-refractivity contribution in [1.82, 2.24) is 4.98 Å². The van der Waals surface area contributed by atoms with Crippen molar-refractivity contribution in [2.45, 2.75) is 18.7 Å². The van der Waals surface area contributed by atoms with Crippen LogP contribution in [-0.2, 0) is 10.0 Å². The molecule has 0 aliphatic rings. The first-order valence-electron chi connectivity index (χ1n) is 5.77. The minimum Gasteiger partial charge on any atom is -0.294 e. The maximum atomic E-state index is 12.4. The smallest absolute Gasteiger partial charge is 0.265 e. The normalized spacial score (nSPS) is 11.5. The molecule has 0 saturated heterocycles. The zero-order valence-electron chi connectivity index (χ0n) is 11.3. The van der Waals surface area contributed by atoms with Gasteiger partial charge in [0.2, 0.25) is 0 Å². The number of ketones is 1. The number of anilines is 1. The number of benzene rings is 1. The van der Waals surface area contributed by atoms with Gasteiger partial charge in [-0.15, -0.1) is 0 Å². The molecule has 2 rings (SSSR count). The van der Waals surface area contributed by atoms with Crippen LogP contribution in [0.3, 0.4) is 0 Å². The highest BCUT2D eigenvalue weighted by Crippen LogP contribution is 2.33. The fourth-order valence-electron chi connectivity index (χ4n) is 1.65. The number of hydrogen-bond donors (Lipinski definition) is 1. The Hall–Kier alpha value is -0.860. The quantitative estimate of drug-likeness (QED) is 0.610. The maximum Gasteiger partial charge on any atom is 0.265 e. The maximum absolute atomic E-state index is 12.4. The summed E-state index contributed by atoms with van der Waals surface area (Å²) in [5, 5.41) is 0.215. The molecular weight excluding hydrogens is 391 g/mol. The summed E-state index contributed by atoms with van der Waals surface area (Å²) in [7, 11) is -4.00. The summed E-state index contributed by atoms with van der Waals surface area (Å²) in [5.74, 6) is -0.187. The van der Waals surface area contributed by atoms with E-state index in [0.29, 0.717) is 10.6 Å². The van der Waals surface area contributed by atoms with Gasteiger partial charge in [-0.1, -0.05) is 46.1 Å². The summed E-state index contributed by atoms with van der Waals surface area (Å²) in [6, 6.07) is 2.40. The molecule has 0 bridgehead atoms. The third-order valence-electron chi connectivity index (χ3n) is 2.60. The minimum absolute atomic E-state index is 0.0613. The number of Topliss-reactive ketones (excluding diaryl/α,β-unsaturated/α-hetero) is 1. The van der Waals surface area contributed by atoms with Gasteiger partial charge in [0.1, 0.15) is 4.90 Å². The Morgan fingerprint density at radius 1 is 1.18 bits per heavy atom. The second kappa shape index (κ2) is 6.33. The largest absolute Gasteiger partial charge is 0.294 e. The first-order chi connectivity index (χ1) is 10.1. The molecule has 1 aromatic carbocycles. The molecule has 0 aliphatic heterocycles. The molecule has 1 heterocycles. The number of rotatable bonds is 4. The van der Waals surface area contributed by atoms with Gasteiger partial charge in [0.15, 0.2) is 10.9 Å². The van der Waals surface area contributed by atoms with Crippen LogP contribution in [0, 0.1) is 6.92 Å². The highest BCUT2D eigenvalue weighted by molar-refractivity contribution is 7.93. The Labute approximate surface area is 146 Å². The average molecular weight is 400 g/mol. The van der Waals surface area contributed by atoms with Crippen LogP contribution in [0.25, 0.3) is 0 Å². The van der Waals surface area contributed by atoms with Crippen molar-refractivity contribution in [2.75, 3.05) is 4.72 Å². The van der Waals surface area contributed by atoms with E-state index in [4.69, 9.17) is 34.8 Å². The Morgan fingerprint density at radius 3 is 2.32 bits per heavy atom. The molecule has 10 heteroatoms. The predicted octanol–water partition coefficient (Wildman–Crippen LogP) is 4.42. The Bertz CT molecular complexity index is 863. The van der Waals surface area contributed by atoms with Crippen molar-refractivity contribution in [1.29, 1.82) is 0 Å². The molecular formula is C12H9Cl3N2O3S2. The van der Waals surface area contributed by atoms with Crippen LogP contribution in [0.4, 0.5) is 5.13 Å². The van der Waals surface area contributed by atoms with Gasteiger partial charge in [-0.2, -0.15) is 0 Å². The van der Waals surface area contributed by atoms with Gasteiger partial charge in [-0.25, -0.2) is 13.4 Å². The molecule has 0 spiro atoms. The molecule has 5 nitrogen and oxygen atoms in total. The molecule has 0 atom stereocenters. The molecule has 1 N–H and O–H groups in total. The van der Waals surface area contributed by atoms with Crippen LogP contribution >= 0.6 is 46.1 Å². The van der Waals surface area contributed by atoms with Gasteiger partial charge in [0, 0.05) is 6.92 Å². The fourth-order valence-corrected chi connectivity index (χ4v) is 4.75. The van der Waals surface area contributed by atoms with Crippen LogP contribution < -0.4 is 4.72 Å². The van der Waals surface area contributed by atoms with Gasteiger partial charge in [0.05, 0.1) is 25.6 Å². The summed E-state index contributed by atoms with van der Waals surface area (Å²) >= 11 is 18.5. The summed E-state index contributed by atoms with van der Waals surface area (Å²) in [4.78, 5) is 15.6. The molecule has 0 fully saturated rings. The number of sulfonamides is 1. The third-order valence-corrected chi connectivity index (χ3v) is 6.43. The number of halogens is 3. The van der Waals surface area contributed by atoms with E-state index in [2.05, 4.69) is 9.71 Å². The summed E-state index contributed by atoms with van der Waals surface area (Å²) in [6.07, 6.45) is 0. The Balaban J connectivity index is 2.42. The first-order valence-corrected chi connectivity index (χ1v) is 9.21. The summed E-state index contributed by atoms with van der Waals surface area (Å²) in [6.45, 7) is 3.01. The van der Waals surface area contributed by atoms with Gasteiger partial charge in [0.25, 0.3) is 10.0 Å². The molecule has 0 radical (unpaired) electrons. The molecule has 0 aliphatic carbocycles. The van der Waals surface area contributed by atoms with E-state index in [1.54, 1.807) is 6.92 Å². The van der Waals surface area contributed by atoms with Crippen LogP contribution in [0.15, 0.2) is 17.0 Å². The summed E-state index contributed by atoms with van der Waals surface area (Å²) < 4.78 is 27.0. The lowest BCUT2D eigenvalue weighted by Gasteiger charge is -2.08. The number of nitrogens with zero attached hydrogens (tertiary/aromatic N) is 1. The number of carbonyl (C=O) groups excluding carboxylic acids is 1. The molecule has 1 aromatic heterocycles. The van der Waals surface area contributed by atoms with E-state index in [9.17, 15) is 13.2 Å². The molecule has 0 amide bonds. The van der Waals surface area contributed by atoms with Crippen molar-refractivity contribution in [3.63, 3.8) is 0 Å². The van der Waals surface area contributed by atoms with Crippen LogP contribution in [0.2, 0.25) is 15.1 Å². The number of thiazole rings is 1. The zero-order chi connectivity index (χ0) is 16.7. The monoisotopic (exact) mass is 398 g/mol. The van der Waals surface area contributed by atoms with Crippen molar-refractivity contribution < 1.29 is 13.2 Å². The van der Waals surface area contributed by atoms with Gasteiger partial charge in [-0.05, 0) is 19.1 Å². The standard InChI is InChI=1S/C12H9Cl3N2O3S2/c1-5-11(6(2)18)21-12(16-5)17-22(19,20)10-4-8(14)7(13)3-9(10)15/h3-4H,1-2H3,(H,16,17). The van der Waals surface area contributed by atoms with Gasteiger partial charge < -0.3 is 0 Å². The number of nitrogens with one attached hydrogen (secondary N) is 1. The van der Waals surface area contributed by atoms with E-state index in [1.165, 1.54) is 13.0 Å². The molecule has 0 saturated carbocycles. The second-order valence-electron chi connectivity index (χ2n) is 4.29. The Morgan fingerprint density at radius 2 is 1.77 bits per heavy atom. The van der Waals surface area contributed by atoms with E-state index in [0.717, 1.165) is 17.4 Å². The fraction of sp³-hybridized carbons (Fsp3) is 0.167. The van der Waals surface area contributed by atoms with Crippen LogP contribution in [-0.4, -0.2) is 19.2 Å². The molecule has 22 heavy (non-hydrogen) atoms. The molecule has 2 aromatic rings. The average Bonchev–Trinajstić information content (AvgIpc) is 2.73. The summed E-state index contributed by atoms with van der Waals surface area (Å²) in [5.41, 5.74) is 0.454. The van der Waals surface area contributed by atoms with Gasteiger partial charge in [-0.3, -0.25) is 9.52 Å². The number of aryl methyl sites for hydroxylation is 1. The van der Waals surface area contributed by atoms with E-state index in [1.807, 2.05) is 0 Å². The van der Waals surface area contributed by atoms with Crippen molar-refractivity contribution in [2.24, 2.45) is 0 Å². The molecule has 118 valence electrons. The lowest BCUT2D eigenvalue weighted by atomic mass is 10.3. The lowest BCUT2D eigenvalue weighted by molar-refractivity contribution is 0.102. The molecule has 0 unspecified atom stereocenters. The highest BCUT2D eigenvalue weighted by atomic mass is 35.5. The third kappa shape index (κ3) is 3.55. The zero-order valence-corrected chi connectivity index (χ0v) is 15.2. The number of aromatic nitrogens is 1. The SMILES string of the molecule is CC(=O)c1sc(NS(=O)(=O)c2cc(Cl)c(Cl)cc2Cl)nc1C. The van der Waals surface area contributed by atoms with Gasteiger partial charge >= 0.3 is 0 Å². The topological polar surface area (TPSA) is 76.1 Å². The van der Waals surface area contributed by atoms with E-state index in [-0.39, 0.29) is 30.9 Å². The number of hydrogen-bond acceptors (Lipinski definition) is 5. The van der Waals surface area contributed by atoms with Crippen LogP contribution in [0.5, 0.6) is 0 Å². The minimum atomic E-state index is -4.00. The van der Waals surface area contributed by atoms with Crippen molar-refractivity contribution in [3.05, 3.63) is 37.8 Å². The number of carbonyl (C=O) groups is 1. The highest BCUT2D eigenvalue weighted by Gasteiger charge is 2.22. The second-order valence-corrected chi connectivity index (χ2v) is 8.16.